The molecule has 2 aromatic carbocycles. The standard InChI is InChI=1S/C26H24ClN5O3S/c27-20-13-18(2-4-22(20)34-14-24-28-7-10-36-24)31-25-19-11-17(1-3-21(19)29-16-30-25)12-23-32-26(15-35-23)5-8-33-9-6-26/h1-4,7,10-11,13,16H,5-6,8-9,12,14-15H2,(H,29,30,31). The molecule has 0 amide bonds. The maximum absolute atomic E-state index is 6.49. The highest BCUT2D eigenvalue weighted by Crippen LogP contribution is 2.33. The summed E-state index contributed by atoms with van der Waals surface area (Å²) in [7, 11) is 0. The molecule has 0 radical (unpaired) electrons. The Morgan fingerprint density at radius 1 is 1.08 bits per heavy atom. The van der Waals surface area contributed by atoms with Gasteiger partial charge in [-0.1, -0.05) is 17.7 Å². The Bertz CT molecular complexity index is 1410. The fourth-order valence-corrected chi connectivity index (χ4v) is 5.19. The van der Waals surface area contributed by atoms with Crippen LogP contribution < -0.4 is 10.1 Å². The third-order valence-corrected chi connectivity index (χ3v) is 7.43. The lowest BCUT2D eigenvalue weighted by molar-refractivity contribution is 0.0441. The van der Waals surface area contributed by atoms with Crippen LogP contribution in [0.1, 0.15) is 23.4 Å². The van der Waals surface area contributed by atoms with Crippen LogP contribution in [0.5, 0.6) is 5.75 Å². The molecule has 1 saturated heterocycles. The van der Waals surface area contributed by atoms with E-state index in [-0.39, 0.29) is 5.54 Å². The van der Waals surface area contributed by atoms with Gasteiger partial charge in [-0.25, -0.2) is 19.9 Å². The van der Waals surface area contributed by atoms with Crippen LogP contribution in [-0.4, -0.2) is 46.2 Å². The number of benzene rings is 2. The van der Waals surface area contributed by atoms with Crippen LogP contribution in [0.25, 0.3) is 10.9 Å². The van der Waals surface area contributed by atoms with Gasteiger partial charge >= 0.3 is 0 Å². The van der Waals surface area contributed by atoms with Crippen molar-refractivity contribution in [2.75, 3.05) is 25.1 Å². The molecular weight excluding hydrogens is 498 g/mol. The SMILES string of the molecule is Clc1cc(Nc2ncnc3ccc(CC4=NC5(CCOCC5)CO4)cc23)ccc1OCc1nccs1. The minimum absolute atomic E-state index is 0.115. The molecule has 2 aromatic heterocycles. The van der Waals surface area contributed by atoms with Gasteiger partial charge in [-0.15, -0.1) is 11.3 Å². The average Bonchev–Trinajstić information content (AvgIpc) is 3.55. The van der Waals surface area contributed by atoms with Crippen LogP contribution in [0.2, 0.25) is 5.02 Å². The summed E-state index contributed by atoms with van der Waals surface area (Å²) in [4.78, 5) is 18.1. The van der Waals surface area contributed by atoms with Crippen LogP contribution in [-0.2, 0) is 22.5 Å². The van der Waals surface area contributed by atoms with E-state index in [2.05, 4.69) is 32.4 Å². The number of ether oxygens (including phenoxy) is 3. The van der Waals surface area contributed by atoms with Crippen LogP contribution in [0.3, 0.4) is 0 Å². The zero-order valence-corrected chi connectivity index (χ0v) is 21.0. The van der Waals surface area contributed by atoms with Crippen molar-refractivity contribution < 1.29 is 14.2 Å². The van der Waals surface area contributed by atoms with E-state index in [0.717, 1.165) is 59.1 Å². The van der Waals surface area contributed by atoms with Gasteiger partial charge in [0.05, 0.1) is 10.5 Å². The number of fused-ring (bicyclic) bond motifs is 1. The largest absolute Gasteiger partial charge is 0.485 e. The third kappa shape index (κ3) is 5.00. The van der Waals surface area contributed by atoms with Crippen molar-refractivity contribution in [3.05, 3.63) is 69.9 Å². The fourth-order valence-electron chi connectivity index (χ4n) is 4.43. The van der Waals surface area contributed by atoms with Crippen molar-refractivity contribution in [3.63, 3.8) is 0 Å². The van der Waals surface area contributed by atoms with Crippen molar-refractivity contribution in [2.45, 2.75) is 31.4 Å². The van der Waals surface area contributed by atoms with E-state index in [1.54, 1.807) is 23.9 Å². The Balaban J connectivity index is 1.19. The average molecular weight is 522 g/mol. The van der Waals surface area contributed by atoms with Crippen LogP contribution in [0, 0.1) is 0 Å². The van der Waals surface area contributed by atoms with Gasteiger partial charge in [0.1, 0.15) is 41.7 Å². The molecule has 0 saturated carbocycles. The van der Waals surface area contributed by atoms with Gasteiger partial charge in [0.25, 0.3) is 0 Å². The van der Waals surface area contributed by atoms with Gasteiger partial charge in [0, 0.05) is 42.3 Å². The number of aliphatic imine (C=N–C) groups is 1. The van der Waals surface area contributed by atoms with E-state index in [9.17, 15) is 0 Å². The summed E-state index contributed by atoms with van der Waals surface area (Å²) >= 11 is 8.03. The summed E-state index contributed by atoms with van der Waals surface area (Å²) in [6.45, 7) is 2.50. The monoisotopic (exact) mass is 521 g/mol. The zero-order valence-electron chi connectivity index (χ0n) is 19.4. The highest BCUT2D eigenvalue weighted by molar-refractivity contribution is 7.09. The van der Waals surface area contributed by atoms with Crippen LogP contribution in [0.4, 0.5) is 11.5 Å². The molecule has 36 heavy (non-hydrogen) atoms. The molecule has 0 atom stereocenters. The maximum Gasteiger partial charge on any atom is 0.188 e. The summed E-state index contributed by atoms with van der Waals surface area (Å²) < 4.78 is 17.3. The van der Waals surface area contributed by atoms with E-state index in [4.69, 9.17) is 30.8 Å². The summed E-state index contributed by atoms with van der Waals surface area (Å²) in [5, 5.41) is 7.61. The minimum Gasteiger partial charge on any atom is -0.485 e. The summed E-state index contributed by atoms with van der Waals surface area (Å²) in [5.41, 5.74) is 2.63. The molecule has 4 heterocycles. The van der Waals surface area contributed by atoms with Crippen molar-refractivity contribution in [2.24, 2.45) is 4.99 Å². The van der Waals surface area contributed by atoms with Crippen LogP contribution >= 0.6 is 22.9 Å². The number of anilines is 2. The van der Waals surface area contributed by atoms with E-state index in [0.29, 0.717) is 36.2 Å². The molecule has 0 aliphatic carbocycles. The van der Waals surface area contributed by atoms with Crippen LogP contribution in [0.15, 0.2) is 59.3 Å². The highest BCUT2D eigenvalue weighted by Gasteiger charge is 2.38. The van der Waals surface area contributed by atoms with Crippen molar-refractivity contribution in [1.29, 1.82) is 0 Å². The van der Waals surface area contributed by atoms with Gasteiger partial charge in [-0.3, -0.25) is 0 Å². The number of thiazole rings is 1. The first-order chi connectivity index (χ1) is 17.7. The second-order valence-electron chi connectivity index (χ2n) is 8.87. The summed E-state index contributed by atoms with van der Waals surface area (Å²) in [5.74, 6) is 2.08. The first-order valence-electron chi connectivity index (χ1n) is 11.8. The lowest BCUT2D eigenvalue weighted by atomic mass is 9.92. The molecule has 4 aromatic rings. The molecule has 0 unspecified atom stereocenters. The highest BCUT2D eigenvalue weighted by atomic mass is 35.5. The first-order valence-corrected chi connectivity index (χ1v) is 13.0. The summed E-state index contributed by atoms with van der Waals surface area (Å²) in [6.07, 6.45) is 5.76. The molecule has 8 nitrogen and oxygen atoms in total. The Labute approximate surface area is 217 Å². The Morgan fingerprint density at radius 2 is 2.00 bits per heavy atom. The normalized spacial score (nSPS) is 16.6. The van der Waals surface area contributed by atoms with Crippen molar-refractivity contribution in [1.82, 2.24) is 15.0 Å². The van der Waals surface area contributed by atoms with Crippen molar-refractivity contribution >= 4 is 51.2 Å². The van der Waals surface area contributed by atoms with Gasteiger partial charge < -0.3 is 19.5 Å². The van der Waals surface area contributed by atoms with Crippen molar-refractivity contribution in [3.8, 4) is 5.75 Å². The second-order valence-corrected chi connectivity index (χ2v) is 10.3. The number of nitrogens with zero attached hydrogens (tertiary/aromatic N) is 4. The number of hydrogen-bond acceptors (Lipinski definition) is 9. The molecule has 184 valence electrons. The molecule has 1 spiro atoms. The fraction of sp³-hybridized carbons (Fsp3) is 0.308. The zero-order chi connectivity index (χ0) is 24.4. The number of halogens is 1. The molecule has 1 fully saturated rings. The predicted molar refractivity (Wildman–Crippen MR) is 141 cm³/mol. The quantitative estimate of drug-likeness (QED) is 0.339. The number of hydrogen-bond donors (Lipinski definition) is 1. The molecule has 6 rings (SSSR count). The molecule has 10 heteroatoms. The Hall–Kier alpha value is -3.27. The molecular formula is C26H24ClN5O3S. The van der Waals surface area contributed by atoms with Gasteiger partial charge in [-0.05, 0) is 48.7 Å². The molecule has 0 bridgehead atoms. The van der Waals surface area contributed by atoms with Gasteiger partial charge in [0.15, 0.2) is 5.90 Å². The number of aromatic nitrogens is 3. The van der Waals surface area contributed by atoms with E-state index in [1.807, 2.05) is 29.6 Å². The van der Waals surface area contributed by atoms with E-state index < -0.39 is 0 Å². The Morgan fingerprint density at radius 3 is 2.83 bits per heavy atom. The smallest absolute Gasteiger partial charge is 0.188 e. The lowest BCUT2D eigenvalue weighted by Crippen LogP contribution is -2.35. The molecule has 1 N–H and O–H groups in total. The number of nitrogens with one attached hydrogen (secondary N) is 1. The maximum atomic E-state index is 6.49. The second kappa shape index (κ2) is 10.0. The van der Waals surface area contributed by atoms with Gasteiger partial charge in [0.2, 0.25) is 0 Å². The van der Waals surface area contributed by atoms with E-state index >= 15 is 0 Å². The Kier molecular flexibility index (Phi) is 6.43. The molecule has 2 aliphatic rings. The number of rotatable bonds is 7. The summed E-state index contributed by atoms with van der Waals surface area (Å²) in [6, 6.07) is 11.7. The topological polar surface area (TPSA) is 90.8 Å². The lowest BCUT2D eigenvalue weighted by Gasteiger charge is -2.28. The minimum atomic E-state index is -0.115. The third-order valence-electron chi connectivity index (χ3n) is 6.38. The predicted octanol–water partition coefficient (Wildman–Crippen LogP) is 5.58. The first kappa shape index (κ1) is 23.1. The van der Waals surface area contributed by atoms with Gasteiger partial charge in [-0.2, -0.15) is 0 Å². The molecule has 2 aliphatic heterocycles. The van der Waals surface area contributed by atoms with E-state index in [1.165, 1.54) is 0 Å².